The summed E-state index contributed by atoms with van der Waals surface area (Å²) in [6.07, 6.45) is 2.41. The molecule has 2 saturated heterocycles. The molecular weight excluding hydrogens is 620 g/mol. The van der Waals surface area contributed by atoms with Gasteiger partial charge in [0.15, 0.2) is 0 Å². The first-order valence-electron chi connectivity index (χ1n) is 16.0. The van der Waals surface area contributed by atoms with E-state index in [0.29, 0.717) is 37.1 Å². The molecule has 0 aromatic heterocycles. The molecule has 0 radical (unpaired) electrons. The monoisotopic (exact) mass is 667 g/mol. The number of likely N-dealkylation sites (N-methyl/N-ethyl adjacent to an activating group) is 1. The van der Waals surface area contributed by atoms with Crippen molar-refractivity contribution in [2.24, 2.45) is 11.8 Å². The number of alkyl halides is 2. The van der Waals surface area contributed by atoms with Gasteiger partial charge in [-0.05, 0) is 62.1 Å². The topological polar surface area (TPSA) is 117 Å². The molecule has 256 valence electrons. The van der Waals surface area contributed by atoms with E-state index < -0.39 is 53.1 Å². The minimum Gasteiger partial charge on any atom is -0.457 e. The molecular formula is C33H47F2N3O7S. The first-order chi connectivity index (χ1) is 21.6. The Hall–Kier alpha value is -2.87. The Morgan fingerprint density at radius 1 is 1.07 bits per heavy atom. The van der Waals surface area contributed by atoms with Crippen molar-refractivity contribution in [3.8, 4) is 0 Å². The van der Waals surface area contributed by atoms with Crippen molar-refractivity contribution >= 4 is 28.2 Å². The third kappa shape index (κ3) is 9.58. The summed E-state index contributed by atoms with van der Waals surface area (Å²) in [6.45, 7) is 7.75. The number of aliphatic hydroxyl groups is 1. The molecule has 0 aliphatic carbocycles. The Kier molecular flexibility index (Phi) is 12.0. The number of aliphatic hydroxyl groups excluding tert-OH is 1. The lowest BCUT2D eigenvalue weighted by molar-refractivity contribution is -0.151. The lowest BCUT2D eigenvalue weighted by atomic mass is 9.91. The molecule has 1 aromatic carbocycles. The number of hydrogen-bond acceptors (Lipinski definition) is 8. The molecule has 5 atom stereocenters. The number of nitrogens with zero attached hydrogens (tertiary/aromatic N) is 3. The zero-order valence-electron chi connectivity index (χ0n) is 27.1. The maximum absolute atomic E-state index is 13.7. The molecule has 10 nitrogen and oxygen atoms in total. The predicted octanol–water partition coefficient (Wildman–Crippen LogP) is 4.55. The van der Waals surface area contributed by atoms with Gasteiger partial charge in [-0.2, -0.15) is 4.31 Å². The summed E-state index contributed by atoms with van der Waals surface area (Å²) in [4.78, 5) is 29.7. The van der Waals surface area contributed by atoms with Gasteiger partial charge in [0, 0.05) is 58.0 Å². The highest BCUT2D eigenvalue weighted by molar-refractivity contribution is 7.89. The lowest BCUT2D eigenvalue weighted by Crippen LogP contribution is -2.48. The van der Waals surface area contributed by atoms with Gasteiger partial charge in [0.2, 0.25) is 10.0 Å². The van der Waals surface area contributed by atoms with Gasteiger partial charge in [0.25, 0.3) is 5.92 Å². The predicted molar refractivity (Wildman–Crippen MR) is 170 cm³/mol. The standard InChI is InChI=1S/C33H47F2N3O7S/c1-23-8-10-27(39)22-30(40)45-31(24(2)9-11-29(23)44-32(41)37-18-16-36(4)17-19-37)25(3)20-26-6-5-7-28(21-26)46(42,43)38-14-12-33(34,35)13-15-38/h5-7,9,11,20-21,23-24,27,29,31,39H,8,10,12-19,22H2,1-4H3/b11-9+,25-20+/t23-,24-,27+,29+,31-/m0/s1. The summed E-state index contributed by atoms with van der Waals surface area (Å²) >= 11 is 0. The molecule has 1 N–H and O–H groups in total. The van der Waals surface area contributed by atoms with Crippen LogP contribution in [0.3, 0.4) is 0 Å². The normalized spacial score (nSPS) is 30.1. The minimum absolute atomic E-state index is 0.00925. The molecule has 3 heterocycles. The second kappa shape index (κ2) is 15.4. The van der Waals surface area contributed by atoms with Crippen LogP contribution in [0.1, 0.15) is 58.4 Å². The average Bonchev–Trinajstić information content (AvgIpc) is 3.00. The van der Waals surface area contributed by atoms with Gasteiger partial charge in [0.1, 0.15) is 12.2 Å². The summed E-state index contributed by atoms with van der Waals surface area (Å²) < 4.78 is 66.7. The van der Waals surface area contributed by atoms with Crippen LogP contribution in [-0.2, 0) is 24.3 Å². The van der Waals surface area contributed by atoms with Crippen molar-refractivity contribution < 1.29 is 41.4 Å². The van der Waals surface area contributed by atoms with Crippen molar-refractivity contribution in [2.45, 2.75) is 82.0 Å². The third-order valence-corrected chi connectivity index (χ3v) is 10.9. The molecule has 13 heteroatoms. The number of piperazine rings is 1. The quantitative estimate of drug-likeness (QED) is 0.360. The average molecular weight is 668 g/mol. The molecule has 0 bridgehead atoms. The van der Waals surface area contributed by atoms with E-state index in [2.05, 4.69) is 4.90 Å². The van der Waals surface area contributed by atoms with E-state index in [-0.39, 0.29) is 42.3 Å². The van der Waals surface area contributed by atoms with E-state index in [4.69, 9.17) is 9.47 Å². The highest BCUT2D eigenvalue weighted by Gasteiger charge is 2.38. The van der Waals surface area contributed by atoms with Gasteiger partial charge in [-0.3, -0.25) is 4.79 Å². The molecule has 4 rings (SSSR count). The fourth-order valence-electron chi connectivity index (χ4n) is 5.94. The van der Waals surface area contributed by atoms with Gasteiger partial charge in [0.05, 0.1) is 17.4 Å². The minimum atomic E-state index is -3.98. The van der Waals surface area contributed by atoms with E-state index in [0.717, 1.165) is 17.4 Å². The van der Waals surface area contributed by atoms with Crippen LogP contribution in [0, 0.1) is 11.8 Å². The summed E-state index contributed by atoms with van der Waals surface area (Å²) in [5, 5.41) is 10.6. The van der Waals surface area contributed by atoms with Crippen molar-refractivity contribution in [3.05, 3.63) is 47.6 Å². The summed E-state index contributed by atoms with van der Waals surface area (Å²) in [7, 11) is -1.97. The fourth-order valence-corrected chi connectivity index (χ4v) is 7.44. The lowest BCUT2D eigenvalue weighted by Gasteiger charge is -2.33. The summed E-state index contributed by atoms with van der Waals surface area (Å²) in [5.41, 5.74) is 1.16. The Morgan fingerprint density at radius 2 is 1.74 bits per heavy atom. The molecule has 3 aliphatic heterocycles. The number of rotatable bonds is 5. The SMILES string of the molecule is C/C(=C\c1cccc(S(=O)(=O)N2CCC(F)(F)CC2)c1)[C@H]1OC(=O)C[C@H](O)CC[C@H](C)[C@H](OC(=O)N2CCN(C)CC2)/C=C/[C@@H]1C. The van der Waals surface area contributed by atoms with Gasteiger partial charge in [-0.15, -0.1) is 0 Å². The molecule has 2 fully saturated rings. The van der Waals surface area contributed by atoms with E-state index in [1.807, 2.05) is 33.0 Å². The van der Waals surface area contributed by atoms with E-state index in [1.165, 1.54) is 12.1 Å². The number of ether oxygens (including phenoxy) is 2. The van der Waals surface area contributed by atoms with E-state index in [1.54, 1.807) is 30.0 Å². The van der Waals surface area contributed by atoms with Crippen molar-refractivity contribution in [1.82, 2.24) is 14.1 Å². The number of benzene rings is 1. The zero-order chi connectivity index (χ0) is 33.6. The molecule has 0 spiro atoms. The van der Waals surface area contributed by atoms with Gasteiger partial charge in [-0.25, -0.2) is 22.0 Å². The summed E-state index contributed by atoms with van der Waals surface area (Å²) in [6, 6.07) is 6.20. The number of esters is 1. The van der Waals surface area contributed by atoms with Crippen molar-refractivity contribution in [3.63, 3.8) is 0 Å². The first-order valence-corrected chi connectivity index (χ1v) is 17.4. The molecule has 46 heavy (non-hydrogen) atoms. The number of cyclic esters (lactones) is 1. The molecule has 1 aromatic rings. The van der Waals surface area contributed by atoms with Crippen LogP contribution >= 0.6 is 0 Å². The molecule has 3 aliphatic rings. The largest absolute Gasteiger partial charge is 0.457 e. The number of halogens is 2. The zero-order valence-corrected chi connectivity index (χ0v) is 27.9. The number of carbonyl (C=O) groups excluding carboxylic acids is 2. The van der Waals surface area contributed by atoms with Gasteiger partial charge >= 0.3 is 12.1 Å². The van der Waals surface area contributed by atoms with Gasteiger partial charge < -0.3 is 24.4 Å². The van der Waals surface area contributed by atoms with Crippen LogP contribution in [-0.4, -0.2) is 110 Å². The number of piperidine rings is 1. The number of sulfonamides is 1. The second-order valence-electron chi connectivity index (χ2n) is 12.9. The Morgan fingerprint density at radius 3 is 2.41 bits per heavy atom. The fraction of sp³-hybridized carbons (Fsp3) is 0.636. The number of amides is 1. The van der Waals surface area contributed by atoms with Crippen molar-refractivity contribution in [2.75, 3.05) is 46.3 Å². The van der Waals surface area contributed by atoms with Crippen LogP contribution in [0.2, 0.25) is 0 Å². The summed E-state index contributed by atoms with van der Waals surface area (Å²) in [5.74, 6) is -3.91. The first kappa shape index (κ1) is 36.0. The van der Waals surface area contributed by atoms with E-state index >= 15 is 0 Å². The van der Waals surface area contributed by atoms with Crippen LogP contribution in [0.4, 0.5) is 13.6 Å². The Labute approximate surface area is 271 Å². The number of carbonyl (C=O) groups is 2. The van der Waals surface area contributed by atoms with Crippen LogP contribution in [0.15, 0.2) is 46.9 Å². The number of hydrogen-bond donors (Lipinski definition) is 1. The highest BCUT2D eigenvalue weighted by Crippen LogP contribution is 2.31. The van der Waals surface area contributed by atoms with Gasteiger partial charge in [-0.1, -0.05) is 38.1 Å². The van der Waals surface area contributed by atoms with Crippen LogP contribution < -0.4 is 0 Å². The smallest absolute Gasteiger partial charge is 0.410 e. The maximum atomic E-state index is 13.7. The van der Waals surface area contributed by atoms with Crippen LogP contribution in [0.25, 0.3) is 6.08 Å². The molecule has 0 unspecified atom stereocenters. The molecule has 1 amide bonds. The third-order valence-electron chi connectivity index (χ3n) is 9.05. The molecule has 0 saturated carbocycles. The Bertz CT molecular complexity index is 1390. The van der Waals surface area contributed by atoms with E-state index in [9.17, 15) is 31.9 Å². The Balaban J connectivity index is 1.55. The highest BCUT2D eigenvalue weighted by atomic mass is 32.2. The van der Waals surface area contributed by atoms with Crippen LogP contribution in [0.5, 0.6) is 0 Å². The van der Waals surface area contributed by atoms with Crippen molar-refractivity contribution in [1.29, 1.82) is 0 Å². The maximum Gasteiger partial charge on any atom is 0.410 e. The second-order valence-corrected chi connectivity index (χ2v) is 14.9.